The second kappa shape index (κ2) is 6.11. The van der Waals surface area contributed by atoms with E-state index in [-0.39, 0.29) is 5.91 Å². The average Bonchev–Trinajstić information content (AvgIpc) is 2.26. The summed E-state index contributed by atoms with van der Waals surface area (Å²) in [6.45, 7) is 6.96. The highest BCUT2D eigenvalue weighted by atomic mass is 16.5. The van der Waals surface area contributed by atoms with E-state index in [0.29, 0.717) is 13.0 Å². The summed E-state index contributed by atoms with van der Waals surface area (Å²) in [6, 6.07) is 0. The SMILES string of the molecule is COCCC(=O)N1CCC(C(C)C)CC1. The maximum atomic E-state index is 11.7. The van der Waals surface area contributed by atoms with Gasteiger partial charge in [-0.05, 0) is 24.7 Å². The third-order valence-electron chi connectivity index (χ3n) is 3.36. The summed E-state index contributed by atoms with van der Waals surface area (Å²) in [6.07, 6.45) is 2.86. The Bertz CT molecular complexity index is 196. The van der Waals surface area contributed by atoms with Crippen molar-refractivity contribution < 1.29 is 9.53 Å². The van der Waals surface area contributed by atoms with Gasteiger partial charge in [0.1, 0.15) is 0 Å². The minimum atomic E-state index is 0.249. The number of hydrogen-bond donors (Lipinski definition) is 0. The maximum absolute atomic E-state index is 11.7. The van der Waals surface area contributed by atoms with E-state index in [9.17, 15) is 4.79 Å². The van der Waals surface area contributed by atoms with Crippen molar-refractivity contribution in [2.45, 2.75) is 33.1 Å². The standard InChI is InChI=1S/C12H23NO2/c1-10(2)11-4-7-13(8-5-11)12(14)6-9-15-3/h10-11H,4-9H2,1-3H3. The molecule has 0 aromatic carbocycles. The van der Waals surface area contributed by atoms with Crippen LogP contribution in [0.1, 0.15) is 33.1 Å². The molecule has 0 aromatic heterocycles. The molecule has 0 aromatic rings. The van der Waals surface area contributed by atoms with Crippen LogP contribution < -0.4 is 0 Å². The van der Waals surface area contributed by atoms with Crippen molar-refractivity contribution in [3.63, 3.8) is 0 Å². The van der Waals surface area contributed by atoms with Gasteiger partial charge in [-0.2, -0.15) is 0 Å². The molecule has 1 fully saturated rings. The number of hydrogen-bond acceptors (Lipinski definition) is 2. The number of rotatable bonds is 4. The number of amides is 1. The quantitative estimate of drug-likeness (QED) is 0.714. The van der Waals surface area contributed by atoms with Crippen molar-refractivity contribution >= 4 is 5.91 Å². The number of ether oxygens (including phenoxy) is 1. The predicted octanol–water partition coefficient (Wildman–Crippen LogP) is 1.92. The van der Waals surface area contributed by atoms with Crippen molar-refractivity contribution in [3.8, 4) is 0 Å². The van der Waals surface area contributed by atoms with Gasteiger partial charge in [0.25, 0.3) is 0 Å². The summed E-state index contributed by atoms with van der Waals surface area (Å²) in [4.78, 5) is 13.7. The smallest absolute Gasteiger partial charge is 0.224 e. The molecule has 0 radical (unpaired) electrons. The zero-order valence-electron chi connectivity index (χ0n) is 10.2. The van der Waals surface area contributed by atoms with E-state index in [0.717, 1.165) is 37.8 Å². The largest absolute Gasteiger partial charge is 0.384 e. The summed E-state index contributed by atoms with van der Waals surface area (Å²) in [7, 11) is 1.64. The number of piperidine rings is 1. The van der Waals surface area contributed by atoms with Crippen LogP contribution in [0.4, 0.5) is 0 Å². The third-order valence-corrected chi connectivity index (χ3v) is 3.36. The van der Waals surface area contributed by atoms with Crippen molar-refractivity contribution in [2.24, 2.45) is 11.8 Å². The van der Waals surface area contributed by atoms with Crippen LogP contribution in [0.2, 0.25) is 0 Å². The first-order chi connectivity index (χ1) is 7.15. The molecule has 1 aliphatic heterocycles. The van der Waals surface area contributed by atoms with Gasteiger partial charge in [-0.3, -0.25) is 4.79 Å². The monoisotopic (exact) mass is 213 g/mol. The van der Waals surface area contributed by atoms with Gasteiger partial charge < -0.3 is 9.64 Å². The predicted molar refractivity (Wildman–Crippen MR) is 60.6 cm³/mol. The summed E-state index contributed by atoms with van der Waals surface area (Å²) >= 11 is 0. The fraction of sp³-hybridized carbons (Fsp3) is 0.917. The molecule has 3 nitrogen and oxygen atoms in total. The molecule has 15 heavy (non-hydrogen) atoms. The van der Waals surface area contributed by atoms with Gasteiger partial charge in [0.2, 0.25) is 5.91 Å². The van der Waals surface area contributed by atoms with E-state index in [1.807, 2.05) is 4.90 Å². The van der Waals surface area contributed by atoms with Gasteiger partial charge >= 0.3 is 0 Å². The number of methoxy groups -OCH3 is 1. The third kappa shape index (κ3) is 3.82. The van der Waals surface area contributed by atoms with Gasteiger partial charge in [0.05, 0.1) is 13.0 Å². The number of likely N-dealkylation sites (tertiary alicyclic amines) is 1. The fourth-order valence-corrected chi connectivity index (χ4v) is 2.16. The lowest BCUT2D eigenvalue weighted by Crippen LogP contribution is -2.39. The van der Waals surface area contributed by atoms with E-state index in [1.165, 1.54) is 0 Å². The first-order valence-electron chi connectivity index (χ1n) is 5.92. The Morgan fingerprint density at radius 3 is 2.47 bits per heavy atom. The molecule has 0 N–H and O–H groups in total. The highest BCUT2D eigenvalue weighted by molar-refractivity contribution is 5.76. The van der Waals surface area contributed by atoms with Crippen LogP contribution in [-0.4, -0.2) is 37.6 Å². The van der Waals surface area contributed by atoms with Crippen molar-refractivity contribution in [2.75, 3.05) is 26.8 Å². The van der Waals surface area contributed by atoms with Gasteiger partial charge in [-0.25, -0.2) is 0 Å². The highest BCUT2D eigenvalue weighted by Crippen LogP contribution is 2.24. The van der Waals surface area contributed by atoms with Crippen molar-refractivity contribution in [1.82, 2.24) is 4.90 Å². The maximum Gasteiger partial charge on any atom is 0.224 e. The molecule has 0 unspecified atom stereocenters. The van der Waals surface area contributed by atoms with Crippen molar-refractivity contribution in [3.05, 3.63) is 0 Å². The second-order valence-corrected chi connectivity index (χ2v) is 4.71. The van der Waals surface area contributed by atoms with E-state index in [4.69, 9.17) is 4.74 Å². The molecule has 88 valence electrons. The molecule has 0 aliphatic carbocycles. The zero-order chi connectivity index (χ0) is 11.3. The van der Waals surface area contributed by atoms with E-state index < -0.39 is 0 Å². The molecule has 1 heterocycles. The Kier molecular flexibility index (Phi) is 5.09. The second-order valence-electron chi connectivity index (χ2n) is 4.71. The van der Waals surface area contributed by atoms with Crippen molar-refractivity contribution in [1.29, 1.82) is 0 Å². The van der Waals surface area contributed by atoms with Gasteiger partial charge in [0.15, 0.2) is 0 Å². The lowest BCUT2D eigenvalue weighted by Gasteiger charge is -2.33. The summed E-state index contributed by atoms with van der Waals surface area (Å²) in [5.74, 6) is 1.80. The topological polar surface area (TPSA) is 29.5 Å². The summed E-state index contributed by atoms with van der Waals surface area (Å²) in [5, 5.41) is 0. The molecule has 1 amide bonds. The zero-order valence-corrected chi connectivity index (χ0v) is 10.2. The Morgan fingerprint density at radius 1 is 1.40 bits per heavy atom. The lowest BCUT2D eigenvalue weighted by atomic mass is 9.86. The molecular formula is C12H23NO2. The van der Waals surface area contributed by atoms with Crippen LogP contribution in [-0.2, 0) is 9.53 Å². The number of nitrogens with zero attached hydrogens (tertiary/aromatic N) is 1. The fourth-order valence-electron chi connectivity index (χ4n) is 2.16. The first kappa shape index (κ1) is 12.5. The molecule has 3 heteroatoms. The van der Waals surface area contributed by atoms with Crippen LogP contribution in [0, 0.1) is 11.8 Å². The number of carbonyl (C=O) groups excluding carboxylic acids is 1. The molecule has 0 bridgehead atoms. The Labute approximate surface area is 92.8 Å². The van der Waals surface area contributed by atoms with Crippen LogP contribution in [0.5, 0.6) is 0 Å². The Hall–Kier alpha value is -0.570. The summed E-state index contributed by atoms with van der Waals surface area (Å²) in [5.41, 5.74) is 0. The molecule has 0 atom stereocenters. The van der Waals surface area contributed by atoms with Crippen LogP contribution in [0.25, 0.3) is 0 Å². The normalized spacial score (nSPS) is 18.5. The molecule has 0 spiro atoms. The minimum Gasteiger partial charge on any atom is -0.384 e. The Morgan fingerprint density at radius 2 is 2.00 bits per heavy atom. The summed E-state index contributed by atoms with van der Waals surface area (Å²) < 4.78 is 4.92. The Balaban J connectivity index is 2.27. The lowest BCUT2D eigenvalue weighted by molar-refractivity contribution is -0.133. The molecule has 0 saturated carbocycles. The van der Waals surface area contributed by atoms with Gasteiger partial charge in [-0.15, -0.1) is 0 Å². The minimum absolute atomic E-state index is 0.249. The van der Waals surface area contributed by atoms with Gasteiger partial charge in [-0.1, -0.05) is 13.8 Å². The first-order valence-corrected chi connectivity index (χ1v) is 5.92. The highest BCUT2D eigenvalue weighted by Gasteiger charge is 2.23. The van der Waals surface area contributed by atoms with E-state index >= 15 is 0 Å². The van der Waals surface area contributed by atoms with E-state index in [2.05, 4.69) is 13.8 Å². The number of carbonyl (C=O) groups is 1. The van der Waals surface area contributed by atoms with Crippen LogP contribution in [0.3, 0.4) is 0 Å². The average molecular weight is 213 g/mol. The molecular weight excluding hydrogens is 190 g/mol. The molecule has 1 aliphatic rings. The van der Waals surface area contributed by atoms with Crippen LogP contribution in [0.15, 0.2) is 0 Å². The molecule has 1 rings (SSSR count). The molecule has 1 saturated heterocycles. The van der Waals surface area contributed by atoms with Gasteiger partial charge in [0, 0.05) is 20.2 Å². The van der Waals surface area contributed by atoms with E-state index in [1.54, 1.807) is 7.11 Å². The van der Waals surface area contributed by atoms with Crippen LogP contribution >= 0.6 is 0 Å².